The highest BCUT2D eigenvalue weighted by molar-refractivity contribution is 5.96. The third-order valence-electron chi connectivity index (χ3n) is 3.61. The molecule has 15 heavy (non-hydrogen) atoms. The van der Waals surface area contributed by atoms with Crippen molar-refractivity contribution in [2.75, 3.05) is 0 Å². The van der Waals surface area contributed by atoms with E-state index in [0.29, 0.717) is 23.8 Å². The summed E-state index contributed by atoms with van der Waals surface area (Å²) < 4.78 is 0. The van der Waals surface area contributed by atoms with Crippen molar-refractivity contribution in [1.29, 1.82) is 0 Å². The van der Waals surface area contributed by atoms with Gasteiger partial charge in [-0.3, -0.25) is 4.79 Å². The first-order chi connectivity index (χ1) is 6.90. The minimum atomic E-state index is 0.129. The summed E-state index contributed by atoms with van der Waals surface area (Å²) in [6.07, 6.45) is 3.39. The van der Waals surface area contributed by atoms with Crippen LogP contribution in [0, 0.1) is 17.3 Å². The number of aliphatic hydroxyl groups excluding tert-OH is 1. The Morgan fingerprint density at radius 2 is 2.00 bits per heavy atom. The molecule has 1 aliphatic carbocycles. The quantitative estimate of drug-likeness (QED) is 0.531. The summed E-state index contributed by atoms with van der Waals surface area (Å²) in [5.41, 5.74) is 0.815. The molecule has 0 radical (unpaired) electrons. The molecule has 0 heterocycles. The van der Waals surface area contributed by atoms with E-state index >= 15 is 0 Å². The van der Waals surface area contributed by atoms with Crippen molar-refractivity contribution in [2.24, 2.45) is 17.3 Å². The lowest BCUT2D eigenvalue weighted by Crippen LogP contribution is -2.35. The molecule has 1 rings (SSSR count). The van der Waals surface area contributed by atoms with Gasteiger partial charge in [-0.15, -0.1) is 0 Å². The van der Waals surface area contributed by atoms with E-state index in [4.69, 9.17) is 5.11 Å². The number of allylic oxidation sites excluding steroid dienone is 1. The minimum Gasteiger partial charge on any atom is -0.515 e. The summed E-state index contributed by atoms with van der Waals surface area (Å²) in [6, 6.07) is 0. The van der Waals surface area contributed by atoms with Gasteiger partial charge < -0.3 is 5.11 Å². The summed E-state index contributed by atoms with van der Waals surface area (Å²) in [6.45, 7) is 8.78. The molecule has 0 bridgehead atoms. The van der Waals surface area contributed by atoms with Gasteiger partial charge in [-0.05, 0) is 23.7 Å². The second kappa shape index (κ2) is 4.38. The molecule has 0 aromatic heterocycles. The van der Waals surface area contributed by atoms with Crippen molar-refractivity contribution in [3.05, 3.63) is 11.8 Å². The second-order valence-corrected chi connectivity index (χ2v) is 5.63. The molecule has 0 aromatic carbocycles. The van der Waals surface area contributed by atoms with Crippen molar-refractivity contribution in [2.45, 2.75) is 47.0 Å². The Kier molecular flexibility index (Phi) is 3.58. The molecule has 0 saturated heterocycles. The van der Waals surface area contributed by atoms with E-state index < -0.39 is 0 Å². The Hall–Kier alpha value is -0.790. The van der Waals surface area contributed by atoms with Gasteiger partial charge >= 0.3 is 0 Å². The van der Waals surface area contributed by atoms with Crippen LogP contribution in [0.3, 0.4) is 0 Å². The van der Waals surface area contributed by atoms with Crippen LogP contribution in [0.1, 0.15) is 47.0 Å². The lowest BCUT2D eigenvalue weighted by atomic mass is 9.64. The predicted molar refractivity (Wildman–Crippen MR) is 61.7 cm³/mol. The summed E-state index contributed by atoms with van der Waals surface area (Å²) in [5, 5.41) is 9.02. The van der Waals surface area contributed by atoms with Crippen molar-refractivity contribution in [3.8, 4) is 0 Å². The molecule has 2 heteroatoms. The standard InChI is InChI=1S/C13H22O2/c1-5-9-7-12(15)10(8-14)6-11(9)13(2,3)4/h8-9,11,14H,5-7H2,1-4H3/b10-8+. The van der Waals surface area contributed by atoms with E-state index in [0.717, 1.165) is 19.1 Å². The van der Waals surface area contributed by atoms with Crippen molar-refractivity contribution >= 4 is 5.78 Å². The molecular formula is C13H22O2. The van der Waals surface area contributed by atoms with Crippen LogP contribution in [0.2, 0.25) is 0 Å². The SMILES string of the molecule is CCC1CC(=O)/C(=C/O)CC1C(C)(C)C. The van der Waals surface area contributed by atoms with E-state index in [-0.39, 0.29) is 11.2 Å². The Morgan fingerprint density at radius 3 is 2.40 bits per heavy atom. The molecule has 0 aliphatic heterocycles. The maximum Gasteiger partial charge on any atom is 0.162 e. The monoisotopic (exact) mass is 210 g/mol. The van der Waals surface area contributed by atoms with Crippen LogP contribution in [0.15, 0.2) is 11.8 Å². The highest BCUT2D eigenvalue weighted by Gasteiger charge is 2.38. The Bertz CT molecular complexity index is 271. The van der Waals surface area contributed by atoms with E-state index in [9.17, 15) is 4.79 Å². The summed E-state index contributed by atoms with van der Waals surface area (Å²) in [5.74, 6) is 1.10. The van der Waals surface area contributed by atoms with E-state index in [1.807, 2.05) is 0 Å². The molecule has 86 valence electrons. The largest absolute Gasteiger partial charge is 0.515 e. The van der Waals surface area contributed by atoms with Gasteiger partial charge in [0.15, 0.2) is 5.78 Å². The topological polar surface area (TPSA) is 37.3 Å². The number of rotatable bonds is 1. The zero-order valence-corrected chi connectivity index (χ0v) is 10.2. The maximum atomic E-state index is 11.6. The van der Waals surface area contributed by atoms with Gasteiger partial charge in [0.05, 0.1) is 6.26 Å². The Balaban J connectivity index is 2.90. The van der Waals surface area contributed by atoms with E-state index in [2.05, 4.69) is 27.7 Å². The molecule has 1 saturated carbocycles. The molecule has 2 nitrogen and oxygen atoms in total. The zero-order chi connectivity index (χ0) is 11.6. The van der Waals surface area contributed by atoms with Crippen molar-refractivity contribution in [1.82, 2.24) is 0 Å². The highest BCUT2D eigenvalue weighted by atomic mass is 16.2. The van der Waals surface area contributed by atoms with Gasteiger partial charge in [-0.1, -0.05) is 34.1 Å². The molecule has 0 aromatic rings. The summed E-state index contributed by atoms with van der Waals surface area (Å²) in [7, 11) is 0. The maximum absolute atomic E-state index is 11.6. The first-order valence-electron chi connectivity index (χ1n) is 5.76. The molecule has 0 spiro atoms. The number of hydrogen-bond acceptors (Lipinski definition) is 2. The van der Waals surface area contributed by atoms with Crippen LogP contribution in [-0.2, 0) is 4.79 Å². The van der Waals surface area contributed by atoms with Gasteiger partial charge in [-0.2, -0.15) is 0 Å². The van der Waals surface area contributed by atoms with Gasteiger partial charge in [0.1, 0.15) is 0 Å². The average Bonchev–Trinajstić information content (AvgIpc) is 2.15. The molecule has 2 atom stereocenters. The average molecular weight is 210 g/mol. The smallest absolute Gasteiger partial charge is 0.162 e. The van der Waals surface area contributed by atoms with Gasteiger partial charge in [0.2, 0.25) is 0 Å². The second-order valence-electron chi connectivity index (χ2n) is 5.63. The van der Waals surface area contributed by atoms with Crippen LogP contribution in [0.25, 0.3) is 0 Å². The first kappa shape index (κ1) is 12.3. The van der Waals surface area contributed by atoms with Gasteiger partial charge in [0.25, 0.3) is 0 Å². The van der Waals surface area contributed by atoms with Gasteiger partial charge in [-0.25, -0.2) is 0 Å². The molecule has 1 aliphatic rings. The van der Waals surface area contributed by atoms with Crippen molar-refractivity contribution < 1.29 is 9.90 Å². The number of hydrogen-bond donors (Lipinski definition) is 1. The fourth-order valence-corrected chi connectivity index (χ4v) is 2.60. The highest BCUT2D eigenvalue weighted by Crippen LogP contribution is 2.43. The third-order valence-corrected chi connectivity index (χ3v) is 3.61. The number of carbonyl (C=O) groups excluding carboxylic acids is 1. The molecule has 1 fully saturated rings. The van der Waals surface area contributed by atoms with Crippen molar-refractivity contribution in [3.63, 3.8) is 0 Å². The third kappa shape index (κ3) is 2.61. The fraction of sp³-hybridized carbons (Fsp3) is 0.769. The fourth-order valence-electron chi connectivity index (χ4n) is 2.60. The molecule has 1 N–H and O–H groups in total. The summed E-state index contributed by atoms with van der Waals surface area (Å²) in [4.78, 5) is 11.6. The van der Waals surface area contributed by atoms with Crippen LogP contribution < -0.4 is 0 Å². The Labute approximate surface area is 92.4 Å². The lowest BCUT2D eigenvalue weighted by molar-refractivity contribution is -0.119. The number of Topliss-reactive ketones (excluding diaryl/α,β-unsaturated/α-hetero) is 1. The van der Waals surface area contributed by atoms with Gasteiger partial charge in [0, 0.05) is 12.0 Å². The first-order valence-corrected chi connectivity index (χ1v) is 5.76. The van der Waals surface area contributed by atoms with E-state index in [1.54, 1.807) is 0 Å². The molecule has 0 amide bonds. The zero-order valence-electron chi connectivity index (χ0n) is 10.2. The van der Waals surface area contributed by atoms with Crippen LogP contribution in [-0.4, -0.2) is 10.9 Å². The predicted octanol–water partition coefficient (Wildman–Crippen LogP) is 3.48. The van der Waals surface area contributed by atoms with Crippen LogP contribution in [0.5, 0.6) is 0 Å². The number of aliphatic hydroxyl groups is 1. The molecule has 2 unspecified atom stereocenters. The normalized spacial score (nSPS) is 30.9. The minimum absolute atomic E-state index is 0.129. The molecular weight excluding hydrogens is 188 g/mol. The lowest BCUT2D eigenvalue weighted by Gasteiger charge is -2.40. The van der Waals surface area contributed by atoms with Crippen LogP contribution in [0.4, 0.5) is 0 Å². The number of carbonyl (C=O) groups is 1. The Morgan fingerprint density at radius 1 is 1.40 bits per heavy atom. The van der Waals surface area contributed by atoms with Crippen LogP contribution >= 0.6 is 0 Å². The summed E-state index contributed by atoms with van der Waals surface area (Å²) >= 11 is 0. The van der Waals surface area contributed by atoms with E-state index in [1.165, 1.54) is 0 Å². The number of ketones is 1.